The zero-order valence-electron chi connectivity index (χ0n) is 18.1. The molecule has 3 aliphatic rings. The van der Waals surface area contributed by atoms with Gasteiger partial charge in [0.25, 0.3) is 11.9 Å². The summed E-state index contributed by atoms with van der Waals surface area (Å²) in [5, 5.41) is 16.3. The zero-order valence-corrected chi connectivity index (χ0v) is 18.9. The molecule has 0 aromatic carbocycles. The number of hydrogen-bond acceptors (Lipinski definition) is 11. The van der Waals surface area contributed by atoms with E-state index in [0.29, 0.717) is 22.7 Å². The molecule has 0 N–H and O–H groups in total. The maximum atomic E-state index is 13.2. The Hall–Kier alpha value is -3.02. The molecule has 5 heterocycles. The summed E-state index contributed by atoms with van der Waals surface area (Å²) in [5.41, 5.74) is 0.551. The molecule has 12 heteroatoms. The van der Waals surface area contributed by atoms with E-state index in [1.54, 1.807) is 13.1 Å². The summed E-state index contributed by atoms with van der Waals surface area (Å²) in [6, 6.07) is -0.799. The molecule has 3 aliphatic heterocycles. The van der Waals surface area contributed by atoms with Crippen molar-refractivity contribution in [1.82, 2.24) is 19.9 Å². The van der Waals surface area contributed by atoms with Gasteiger partial charge in [0, 0.05) is 37.8 Å². The molecular formula is C20H26N10OS. The summed E-state index contributed by atoms with van der Waals surface area (Å²) < 4.78 is 0. The van der Waals surface area contributed by atoms with E-state index in [9.17, 15) is 4.79 Å². The SMILES string of the molecule is CC1=NN(c2nc(N3CCCCC3)nc(N3CCCCC3)n2)C(=O)C1N=Nc1nccs1. The minimum absolute atomic E-state index is 0.248. The van der Waals surface area contributed by atoms with E-state index in [4.69, 9.17) is 4.98 Å². The number of thiazole rings is 1. The third-order valence-electron chi connectivity index (χ3n) is 5.84. The second-order valence-corrected chi connectivity index (χ2v) is 9.03. The normalized spacial score (nSPS) is 22.2. The maximum Gasteiger partial charge on any atom is 0.282 e. The van der Waals surface area contributed by atoms with Crippen molar-refractivity contribution in [2.24, 2.45) is 15.3 Å². The summed E-state index contributed by atoms with van der Waals surface area (Å²) in [4.78, 5) is 35.7. The van der Waals surface area contributed by atoms with Crippen molar-refractivity contribution < 1.29 is 4.79 Å². The molecule has 2 aromatic rings. The fourth-order valence-electron chi connectivity index (χ4n) is 4.11. The van der Waals surface area contributed by atoms with Crippen LogP contribution in [-0.4, -0.2) is 63.8 Å². The van der Waals surface area contributed by atoms with Gasteiger partial charge in [-0.15, -0.1) is 16.5 Å². The lowest BCUT2D eigenvalue weighted by atomic mass is 10.1. The summed E-state index contributed by atoms with van der Waals surface area (Å²) in [6.07, 6.45) is 8.52. The van der Waals surface area contributed by atoms with Crippen LogP contribution >= 0.6 is 11.3 Å². The van der Waals surface area contributed by atoms with Gasteiger partial charge in [-0.3, -0.25) is 4.79 Å². The Kier molecular flexibility index (Phi) is 6.02. The number of hydrazone groups is 1. The second kappa shape index (κ2) is 9.23. The lowest BCUT2D eigenvalue weighted by molar-refractivity contribution is -0.118. The number of piperidine rings is 2. The van der Waals surface area contributed by atoms with Crippen LogP contribution in [0.15, 0.2) is 26.9 Å². The Labute approximate surface area is 190 Å². The molecule has 2 aromatic heterocycles. The number of hydrogen-bond donors (Lipinski definition) is 0. The Morgan fingerprint density at radius 1 is 0.906 bits per heavy atom. The first-order chi connectivity index (χ1) is 15.7. The minimum Gasteiger partial charge on any atom is -0.341 e. The Morgan fingerprint density at radius 3 is 2.06 bits per heavy atom. The number of amides is 1. The van der Waals surface area contributed by atoms with Crippen molar-refractivity contribution in [2.75, 3.05) is 41.0 Å². The number of rotatable bonds is 5. The summed E-state index contributed by atoms with van der Waals surface area (Å²) in [6.45, 7) is 5.39. The van der Waals surface area contributed by atoms with E-state index in [2.05, 4.69) is 40.1 Å². The largest absolute Gasteiger partial charge is 0.341 e. The van der Waals surface area contributed by atoms with Crippen LogP contribution < -0.4 is 14.8 Å². The van der Waals surface area contributed by atoms with Gasteiger partial charge in [-0.05, 0) is 45.4 Å². The summed E-state index contributed by atoms with van der Waals surface area (Å²) >= 11 is 1.36. The van der Waals surface area contributed by atoms with Gasteiger partial charge in [0.2, 0.25) is 17.0 Å². The average Bonchev–Trinajstić information content (AvgIpc) is 3.46. The van der Waals surface area contributed by atoms with E-state index in [-0.39, 0.29) is 11.9 Å². The molecule has 1 atom stereocenters. The molecule has 1 amide bonds. The molecule has 5 rings (SSSR count). The standard InChI is InChI=1S/C20H26N10OS/c1-14-15(25-26-20-21-8-13-32-20)16(31)30(27-14)19-23-17(28-9-4-2-5-10-28)22-18(24-19)29-11-6-3-7-12-29/h8,13,15H,2-7,9-12H2,1H3. The van der Waals surface area contributed by atoms with Crippen molar-refractivity contribution in [3.8, 4) is 0 Å². The Morgan fingerprint density at radius 2 is 1.50 bits per heavy atom. The van der Waals surface area contributed by atoms with Gasteiger partial charge in [-0.25, -0.2) is 4.98 Å². The number of azo groups is 1. The molecule has 0 saturated carbocycles. The predicted molar refractivity (Wildman–Crippen MR) is 123 cm³/mol. The fraction of sp³-hybridized carbons (Fsp3) is 0.600. The van der Waals surface area contributed by atoms with Crippen LogP contribution in [0, 0.1) is 0 Å². The molecule has 2 fully saturated rings. The number of nitrogens with zero attached hydrogens (tertiary/aromatic N) is 10. The van der Waals surface area contributed by atoms with Gasteiger partial charge in [-0.2, -0.15) is 30.2 Å². The van der Waals surface area contributed by atoms with Crippen molar-refractivity contribution >= 4 is 45.9 Å². The highest BCUT2D eigenvalue weighted by Crippen LogP contribution is 2.27. The van der Waals surface area contributed by atoms with Crippen molar-refractivity contribution in [1.29, 1.82) is 0 Å². The van der Waals surface area contributed by atoms with Gasteiger partial charge in [0.05, 0.1) is 5.71 Å². The topological polar surface area (TPSA) is 115 Å². The lowest BCUT2D eigenvalue weighted by Crippen LogP contribution is -2.36. The molecule has 11 nitrogen and oxygen atoms in total. The van der Waals surface area contributed by atoms with Crippen LogP contribution in [0.2, 0.25) is 0 Å². The number of anilines is 3. The zero-order chi connectivity index (χ0) is 21.9. The highest BCUT2D eigenvalue weighted by molar-refractivity contribution is 7.13. The monoisotopic (exact) mass is 454 g/mol. The summed E-state index contributed by atoms with van der Waals surface area (Å²) in [5.74, 6) is 1.16. The van der Waals surface area contributed by atoms with Gasteiger partial charge < -0.3 is 9.80 Å². The van der Waals surface area contributed by atoms with Crippen LogP contribution in [0.3, 0.4) is 0 Å². The number of carbonyl (C=O) groups excluding carboxylic acids is 1. The quantitative estimate of drug-likeness (QED) is 0.637. The molecule has 1 unspecified atom stereocenters. The van der Waals surface area contributed by atoms with Crippen molar-refractivity contribution in [2.45, 2.75) is 51.5 Å². The van der Waals surface area contributed by atoms with Gasteiger partial charge in [-0.1, -0.05) is 0 Å². The van der Waals surface area contributed by atoms with E-state index in [0.717, 1.165) is 51.9 Å². The molecule has 32 heavy (non-hydrogen) atoms. The summed E-state index contributed by atoms with van der Waals surface area (Å²) in [7, 11) is 0. The van der Waals surface area contributed by atoms with Gasteiger partial charge in [0.1, 0.15) is 0 Å². The van der Waals surface area contributed by atoms with Gasteiger partial charge in [0.15, 0.2) is 6.04 Å². The van der Waals surface area contributed by atoms with Crippen LogP contribution in [0.4, 0.5) is 23.0 Å². The molecule has 0 bridgehead atoms. The third-order valence-corrected chi connectivity index (χ3v) is 6.50. The van der Waals surface area contributed by atoms with Crippen molar-refractivity contribution in [3.63, 3.8) is 0 Å². The Balaban J connectivity index is 1.45. The molecule has 0 aliphatic carbocycles. The number of carbonyl (C=O) groups is 1. The maximum absolute atomic E-state index is 13.2. The van der Waals surface area contributed by atoms with Crippen LogP contribution in [0.25, 0.3) is 0 Å². The third kappa shape index (κ3) is 4.31. The van der Waals surface area contributed by atoms with Gasteiger partial charge >= 0.3 is 0 Å². The first-order valence-electron chi connectivity index (χ1n) is 11.1. The van der Waals surface area contributed by atoms with Crippen LogP contribution in [0.5, 0.6) is 0 Å². The second-order valence-electron chi connectivity index (χ2n) is 8.15. The van der Waals surface area contributed by atoms with Crippen LogP contribution in [-0.2, 0) is 4.79 Å². The fourth-order valence-corrected chi connectivity index (χ4v) is 4.57. The first kappa shape index (κ1) is 20.9. The smallest absolute Gasteiger partial charge is 0.282 e. The first-order valence-corrected chi connectivity index (χ1v) is 12.0. The van der Waals surface area contributed by atoms with E-state index in [1.165, 1.54) is 29.2 Å². The number of aromatic nitrogens is 4. The molecule has 0 spiro atoms. The van der Waals surface area contributed by atoms with E-state index in [1.807, 2.05) is 5.38 Å². The highest BCUT2D eigenvalue weighted by atomic mass is 32.1. The molecule has 0 radical (unpaired) electrons. The predicted octanol–water partition coefficient (Wildman–Crippen LogP) is 3.18. The van der Waals surface area contributed by atoms with Crippen LogP contribution in [0.1, 0.15) is 45.4 Å². The Bertz CT molecular complexity index is 975. The van der Waals surface area contributed by atoms with Crippen molar-refractivity contribution in [3.05, 3.63) is 11.6 Å². The molecule has 168 valence electrons. The molecule has 2 saturated heterocycles. The van der Waals surface area contributed by atoms with E-state index >= 15 is 0 Å². The lowest BCUT2D eigenvalue weighted by Gasteiger charge is -2.30. The average molecular weight is 455 g/mol. The highest BCUT2D eigenvalue weighted by Gasteiger charge is 2.37. The minimum atomic E-state index is -0.799. The molecular weight excluding hydrogens is 428 g/mol. The van der Waals surface area contributed by atoms with E-state index < -0.39 is 6.04 Å².